The summed E-state index contributed by atoms with van der Waals surface area (Å²) in [6.07, 6.45) is 8.47. The first-order valence-electron chi connectivity index (χ1n) is 8.00. The molecule has 2 heterocycles. The van der Waals surface area contributed by atoms with Crippen molar-refractivity contribution in [1.82, 2.24) is 14.8 Å². The minimum Gasteiger partial charge on any atom is -0.351 e. The van der Waals surface area contributed by atoms with Crippen molar-refractivity contribution in [3.8, 4) is 0 Å². The number of fused-ring (bicyclic) bond motifs is 1. The van der Waals surface area contributed by atoms with E-state index in [1.54, 1.807) is 0 Å². The highest BCUT2D eigenvalue weighted by molar-refractivity contribution is 5.90. The van der Waals surface area contributed by atoms with Crippen molar-refractivity contribution in [2.75, 3.05) is 0 Å². The zero-order valence-corrected chi connectivity index (χ0v) is 12.1. The van der Waals surface area contributed by atoms with Gasteiger partial charge in [0, 0.05) is 18.3 Å². The summed E-state index contributed by atoms with van der Waals surface area (Å²) >= 11 is 0. The fourth-order valence-corrected chi connectivity index (χ4v) is 3.71. The van der Waals surface area contributed by atoms with E-state index in [0.717, 1.165) is 31.4 Å². The van der Waals surface area contributed by atoms with Crippen molar-refractivity contribution in [2.45, 2.75) is 63.2 Å². The van der Waals surface area contributed by atoms with Crippen LogP contribution < -0.4 is 5.32 Å². The minimum atomic E-state index is -0.436. The Hall–Kier alpha value is -1.78. The van der Waals surface area contributed by atoms with E-state index in [4.69, 9.17) is 0 Å². The summed E-state index contributed by atoms with van der Waals surface area (Å²) < 4.78 is 1.92. The van der Waals surface area contributed by atoms with Crippen molar-refractivity contribution in [1.29, 1.82) is 0 Å². The molecule has 112 valence electrons. The van der Waals surface area contributed by atoms with Gasteiger partial charge in [-0.25, -0.2) is 0 Å². The summed E-state index contributed by atoms with van der Waals surface area (Å²) in [6, 6.07) is 4.02. The first kappa shape index (κ1) is 12.9. The molecule has 5 heteroatoms. The fraction of sp³-hybridized carbons (Fsp3) is 0.625. The molecule has 5 nitrogen and oxygen atoms in total. The molecule has 0 aromatic carbocycles. The third kappa shape index (κ3) is 2.24. The first-order valence-corrected chi connectivity index (χ1v) is 8.00. The van der Waals surface area contributed by atoms with Crippen molar-refractivity contribution < 1.29 is 9.59 Å². The first-order chi connectivity index (χ1) is 10.2. The van der Waals surface area contributed by atoms with Gasteiger partial charge < -0.3 is 14.8 Å². The molecule has 0 bridgehead atoms. The van der Waals surface area contributed by atoms with E-state index in [1.165, 1.54) is 12.8 Å². The molecule has 0 radical (unpaired) electrons. The van der Waals surface area contributed by atoms with Crippen LogP contribution in [0, 0.1) is 0 Å². The Morgan fingerprint density at radius 2 is 1.95 bits per heavy atom. The molecule has 21 heavy (non-hydrogen) atoms. The van der Waals surface area contributed by atoms with Crippen LogP contribution in [0.25, 0.3) is 0 Å². The quantitative estimate of drug-likeness (QED) is 0.918. The molecule has 1 aliphatic heterocycles. The third-order valence-corrected chi connectivity index (χ3v) is 4.91. The maximum atomic E-state index is 12.8. The molecular weight excluding hydrogens is 266 g/mol. The van der Waals surface area contributed by atoms with Gasteiger partial charge in [-0.1, -0.05) is 12.8 Å². The zero-order chi connectivity index (χ0) is 14.4. The molecule has 4 rings (SSSR count). The Morgan fingerprint density at radius 3 is 2.67 bits per heavy atom. The maximum Gasteiger partial charge on any atom is 0.249 e. The number of nitrogens with zero attached hydrogens (tertiary/aromatic N) is 2. The lowest BCUT2D eigenvalue weighted by Gasteiger charge is -2.36. The molecule has 2 aliphatic carbocycles. The van der Waals surface area contributed by atoms with Gasteiger partial charge in [0.1, 0.15) is 6.54 Å². The number of hydrogen-bond acceptors (Lipinski definition) is 2. The van der Waals surface area contributed by atoms with Crippen LogP contribution in [-0.4, -0.2) is 33.4 Å². The number of aromatic nitrogens is 1. The maximum absolute atomic E-state index is 12.8. The summed E-state index contributed by atoms with van der Waals surface area (Å²) in [7, 11) is 0. The monoisotopic (exact) mass is 287 g/mol. The van der Waals surface area contributed by atoms with E-state index in [-0.39, 0.29) is 17.9 Å². The Morgan fingerprint density at radius 1 is 1.19 bits per heavy atom. The van der Waals surface area contributed by atoms with Crippen molar-refractivity contribution >= 4 is 11.8 Å². The topological polar surface area (TPSA) is 54.3 Å². The molecule has 0 spiro atoms. The molecule has 2 saturated carbocycles. The van der Waals surface area contributed by atoms with Crippen LogP contribution in [0.5, 0.6) is 0 Å². The molecule has 1 N–H and O–H groups in total. The van der Waals surface area contributed by atoms with E-state index in [1.807, 2.05) is 27.8 Å². The van der Waals surface area contributed by atoms with Crippen LogP contribution >= 0.6 is 0 Å². The van der Waals surface area contributed by atoms with Crippen LogP contribution in [0.2, 0.25) is 0 Å². The normalized spacial score (nSPS) is 26.0. The second kappa shape index (κ2) is 4.90. The zero-order valence-electron chi connectivity index (χ0n) is 12.1. The van der Waals surface area contributed by atoms with Crippen molar-refractivity contribution in [3.63, 3.8) is 0 Å². The number of carbonyl (C=O) groups is 2. The van der Waals surface area contributed by atoms with Gasteiger partial charge >= 0.3 is 0 Å². The molecule has 0 saturated heterocycles. The summed E-state index contributed by atoms with van der Waals surface area (Å²) in [6.45, 7) is 0.367. The van der Waals surface area contributed by atoms with Gasteiger partial charge in [-0.15, -0.1) is 0 Å². The van der Waals surface area contributed by atoms with Crippen LogP contribution in [0.1, 0.15) is 50.3 Å². The van der Waals surface area contributed by atoms with Crippen LogP contribution in [0.15, 0.2) is 18.3 Å². The van der Waals surface area contributed by atoms with Gasteiger partial charge in [0.15, 0.2) is 6.04 Å². The van der Waals surface area contributed by atoms with Crippen molar-refractivity contribution in [3.05, 3.63) is 24.0 Å². The predicted octanol–water partition coefficient (Wildman–Crippen LogP) is 1.59. The molecule has 2 amide bonds. The Labute approximate surface area is 124 Å². The lowest BCUT2D eigenvalue weighted by molar-refractivity contribution is -0.144. The van der Waals surface area contributed by atoms with E-state index >= 15 is 0 Å². The standard InChI is InChI=1S/C16H21N3O2/c20-14-10-18-9-3-6-13(18)15(19(14)12-7-8-12)16(21)17-11-4-1-2-5-11/h3,6,9,11-12,15H,1-2,4-5,7-8,10H2,(H,17,21). The van der Waals surface area contributed by atoms with E-state index < -0.39 is 6.04 Å². The van der Waals surface area contributed by atoms with E-state index in [2.05, 4.69) is 5.32 Å². The average Bonchev–Trinajstić information content (AvgIpc) is 2.96. The number of hydrogen-bond donors (Lipinski definition) is 1. The third-order valence-electron chi connectivity index (χ3n) is 4.91. The van der Waals surface area contributed by atoms with E-state index in [0.29, 0.717) is 12.6 Å². The van der Waals surface area contributed by atoms with E-state index in [9.17, 15) is 9.59 Å². The van der Waals surface area contributed by atoms with Crippen LogP contribution in [-0.2, 0) is 16.1 Å². The molecular formula is C16H21N3O2. The number of carbonyl (C=O) groups excluding carboxylic acids is 2. The predicted molar refractivity (Wildman–Crippen MR) is 77.4 cm³/mol. The Balaban J connectivity index is 1.62. The summed E-state index contributed by atoms with van der Waals surface area (Å²) in [5, 5.41) is 3.17. The van der Waals surface area contributed by atoms with Crippen LogP contribution in [0.3, 0.4) is 0 Å². The summed E-state index contributed by atoms with van der Waals surface area (Å²) in [5.41, 5.74) is 0.956. The molecule has 1 aromatic heterocycles. The second-order valence-corrected chi connectivity index (χ2v) is 6.49. The van der Waals surface area contributed by atoms with Gasteiger partial charge in [-0.05, 0) is 37.8 Å². The Bertz CT molecular complexity index is 570. The number of rotatable bonds is 3. The minimum absolute atomic E-state index is 0.00167. The van der Waals surface area contributed by atoms with Gasteiger partial charge in [0.05, 0.1) is 5.69 Å². The number of nitrogens with one attached hydrogen (secondary N) is 1. The summed E-state index contributed by atoms with van der Waals surface area (Å²) in [4.78, 5) is 27.0. The molecule has 2 fully saturated rings. The average molecular weight is 287 g/mol. The Kier molecular flexibility index (Phi) is 3.01. The lowest BCUT2D eigenvalue weighted by Crippen LogP contribution is -2.51. The van der Waals surface area contributed by atoms with Gasteiger partial charge in [0.2, 0.25) is 11.8 Å². The highest BCUT2D eigenvalue weighted by Gasteiger charge is 2.45. The molecule has 1 atom stereocenters. The smallest absolute Gasteiger partial charge is 0.249 e. The SMILES string of the molecule is O=C(NC1CCCC1)C1c2cccn2CC(=O)N1C1CC1. The molecule has 3 aliphatic rings. The number of amides is 2. The largest absolute Gasteiger partial charge is 0.351 e. The lowest BCUT2D eigenvalue weighted by atomic mass is 10.1. The highest BCUT2D eigenvalue weighted by atomic mass is 16.2. The molecule has 1 unspecified atom stereocenters. The van der Waals surface area contributed by atoms with Gasteiger partial charge in [0.25, 0.3) is 0 Å². The fourth-order valence-electron chi connectivity index (χ4n) is 3.71. The van der Waals surface area contributed by atoms with Gasteiger partial charge in [-0.2, -0.15) is 0 Å². The molecule has 1 aromatic rings. The van der Waals surface area contributed by atoms with Gasteiger partial charge in [-0.3, -0.25) is 9.59 Å². The van der Waals surface area contributed by atoms with Crippen LogP contribution in [0.4, 0.5) is 0 Å². The second-order valence-electron chi connectivity index (χ2n) is 6.49. The summed E-state index contributed by atoms with van der Waals surface area (Å²) in [5.74, 6) is 0.0783. The highest BCUT2D eigenvalue weighted by Crippen LogP contribution is 2.37. The van der Waals surface area contributed by atoms with Crippen molar-refractivity contribution in [2.24, 2.45) is 0 Å².